The van der Waals surface area contributed by atoms with Crippen molar-refractivity contribution in [2.75, 3.05) is 17.1 Å². The van der Waals surface area contributed by atoms with E-state index in [0.29, 0.717) is 27.5 Å². The van der Waals surface area contributed by atoms with Crippen molar-refractivity contribution in [2.24, 2.45) is 5.10 Å². The van der Waals surface area contributed by atoms with Crippen molar-refractivity contribution in [3.63, 3.8) is 0 Å². The van der Waals surface area contributed by atoms with Gasteiger partial charge < -0.3 is 4.57 Å². The van der Waals surface area contributed by atoms with Crippen LogP contribution in [0.3, 0.4) is 0 Å². The maximum atomic E-state index is 14.2. The summed E-state index contributed by atoms with van der Waals surface area (Å²) < 4.78 is 41.6. The van der Waals surface area contributed by atoms with Crippen LogP contribution < -0.4 is 9.73 Å². The number of rotatable bonds is 7. The summed E-state index contributed by atoms with van der Waals surface area (Å²) in [5, 5.41) is 4.32. The normalized spacial score (nSPS) is 11.7. The summed E-state index contributed by atoms with van der Waals surface area (Å²) in [7, 11) is -3.75. The molecule has 1 N–H and O–H groups in total. The molecule has 3 aromatic rings. The minimum Gasteiger partial charge on any atom is -0.315 e. The molecule has 174 valence electrons. The first-order valence-electron chi connectivity index (χ1n) is 9.98. The Bertz CT molecular complexity index is 1340. The highest BCUT2D eigenvalue weighted by Crippen LogP contribution is 2.26. The zero-order chi connectivity index (χ0) is 24.3. The molecular formula is C23H24ClFN4O3S. The van der Waals surface area contributed by atoms with Crippen LogP contribution in [-0.2, 0) is 14.8 Å². The Labute approximate surface area is 197 Å². The highest BCUT2D eigenvalue weighted by Gasteiger charge is 2.22. The Balaban J connectivity index is 1.78. The molecule has 33 heavy (non-hydrogen) atoms. The lowest BCUT2D eigenvalue weighted by Gasteiger charge is -2.23. The van der Waals surface area contributed by atoms with Gasteiger partial charge in [-0.3, -0.25) is 9.10 Å². The number of carbonyl (C=O) groups is 1. The van der Waals surface area contributed by atoms with Gasteiger partial charge in [0.1, 0.15) is 12.4 Å². The first kappa shape index (κ1) is 24.5. The fraction of sp³-hybridized carbons (Fsp3) is 0.217. The molecule has 7 nitrogen and oxygen atoms in total. The van der Waals surface area contributed by atoms with Crippen LogP contribution >= 0.6 is 11.6 Å². The second kappa shape index (κ2) is 9.76. The van der Waals surface area contributed by atoms with Gasteiger partial charge in [0.25, 0.3) is 5.91 Å². The first-order chi connectivity index (χ1) is 15.5. The number of hydrogen-bond acceptors (Lipinski definition) is 4. The third kappa shape index (κ3) is 5.61. The predicted molar refractivity (Wildman–Crippen MR) is 129 cm³/mol. The number of aryl methyl sites for hydroxylation is 2. The van der Waals surface area contributed by atoms with E-state index in [1.807, 2.05) is 19.9 Å². The number of para-hydroxylation sites is 1. The molecule has 0 saturated carbocycles. The van der Waals surface area contributed by atoms with Gasteiger partial charge in [-0.05, 0) is 56.7 Å². The monoisotopic (exact) mass is 490 g/mol. The van der Waals surface area contributed by atoms with Crippen molar-refractivity contribution in [1.82, 2.24) is 9.99 Å². The Morgan fingerprint density at radius 1 is 1.18 bits per heavy atom. The Hall–Kier alpha value is -3.17. The van der Waals surface area contributed by atoms with Crippen LogP contribution in [-0.4, -0.2) is 37.9 Å². The Kier molecular flexibility index (Phi) is 7.24. The summed E-state index contributed by atoms with van der Waals surface area (Å²) in [6, 6.07) is 13.1. The second-order valence-electron chi connectivity index (χ2n) is 7.61. The summed E-state index contributed by atoms with van der Waals surface area (Å²) in [6.07, 6.45) is 2.45. The number of anilines is 1. The van der Waals surface area contributed by atoms with Crippen molar-refractivity contribution in [2.45, 2.75) is 20.8 Å². The van der Waals surface area contributed by atoms with E-state index in [1.165, 1.54) is 18.3 Å². The van der Waals surface area contributed by atoms with Gasteiger partial charge in [-0.15, -0.1) is 0 Å². The van der Waals surface area contributed by atoms with E-state index < -0.39 is 22.5 Å². The predicted octanol–water partition coefficient (Wildman–Crippen LogP) is 4.11. The number of amides is 1. The van der Waals surface area contributed by atoms with Gasteiger partial charge >= 0.3 is 0 Å². The van der Waals surface area contributed by atoms with E-state index in [9.17, 15) is 17.6 Å². The van der Waals surface area contributed by atoms with Crippen LogP contribution in [0.2, 0.25) is 5.02 Å². The van der Waals surface area contributed by atoms with Crippen molar-refractivity contribution < 1.29 is 17.6 Å². The number of hydrogen-bond donors (Lipinski definition) is 1. The number of halogens is 2. The summed E-state index contributed by atoms with van der Waals surface area (Å²) in [4.78, 5) is 12.5. The average Bonchev–Trinajstić information content (AvgIpc) is 3.01. The second-order valence-corrected chi connectivity index (χ2v) is 9.95. The minimum atomic E-state index is -3.75. The number of sulfonamides is 1. The molecule has 0 aliphatic heterocycles. The topological polar surface area (TPSA) is 83.8 Å². The third-order valence-corrected chi connectivity index (χ3v) is 6.45. The van der Waals surface area contributed by atoms with Gasteiger partial charge in [0.2, 0.25) is 10.0 Å². The van der Waals surface area contributed by atoms with Crippen molar-refractivity contribution in [3.8, 4) is 5.69 Å². The molecule has 1 aromatic heterocycles. The molecular weight excluding hydrogens is 467 g/mol. The van der Waals surface area contributed by atoms with Gasteiger partial charge in [-0.1, -0.05) is 29.8 Å². The van der Waals surface area contributed by atoms with Crippen LogP contribution in [0.4, 0.5) is 10.1 Å². The van der Waals surface area contributed by atoms with Crippen molar-refractivity contribution >= 4 is 39.4 Å². The van der Waals surface area contributed by atoms with E-state index in [0.717, 1.165) is 21.9 Å². The molecule has 3 rings (SSSR count). The Morgan fingerprint density at radius 2 is 1.88 bits per heavy atom. The zero-order valence-corrected chi connectivity index (χ0v) is 20.2. The molecule has 2 aromatic carbocycles. The van der Waals surface area contributed by atoms with Crippen LogP contribution in [0.1, 0.15) is 22.5 Å². The van der Waals surface area contributed by atoms with Gasteiger partial charge in [-0.25, -0.2) is 18.2 Å². The zero-order valence-electron chi connectivity index (χ0n) is 18.6. The Morgan fingerprint density at radius 3 is 2.55 bits per heavy atom. The van der Waals surface area contributed by atoms with E-state index in [-0.39, 0.29) is 5.82 Å². The van der Waals surface area contributed by atoms with Crippen LogP contribution in [0.25, 0.3) is 5.69 Å². The largest absolute Gasteiger partial charge is 0.315 e. The number of carbonyl (C=O) groups excluding carboxylic acids is 1. The first-order valence-corrected chi connectivity index (χ1v) is 12.2. The van der Waals surface area contributed by atoms with Gasteiger partial charge in [0, 0.05) is 22.0 Å². The lowest BCUT2D eigenvalue weighted by atomic mass is 10.2. The standard InChI is InChI=1S/C23H24ClFN4O3S/c1-15-9-10-19(24)12-22(15)28(33(4,31)32)14-23(30)27-26-13-18-11-16(2)29(17(18)3)21-8-6-5-7-20(21)25/h5-13H,14H2,1-4H3,(H,27,30)/b26-13-. The third-order valence-electron chi connectivity index (χ3n) is 5.08. The molecule has 0 aliphatic carbocycles. The SMILES string of the molecule is Cc1ccc(Cl)cc1N(CC(=O)N/N=C\c1cc(C)n(-c2ccccc2F)c1C)S(C)(=O)=O. The van der Waals surface area contributed by atoms with Crippen LogP contribution in [0.5, 0.6) is 0 Å². The van der Waals surface area contributed by atoms with E-state index >= 15 is 0 Å². The minimum absolute atomic E-state index is 0.317. The molecule has 0 radical (unpaired) electrons. The number of nitrogens with one attached hydrogen (secondary N) is 1. The molecule has 0 spiro atoms. The number of nitrogens with zero attached hydrogens (tertiary/aromatic N) is 3. The van der Waals surface area contributed by atoms with Crippen LogP contribution in [0.15, 0.2) is 53.6 Å². The summed E-state index contributed by atoms with van der Waals surface area (Å²) in [6.45, 7) is 4.92. The van der Waals surface area contributed by atoms with Gasteiger partial charge in [0.05, 0.1) is 23.8 Å². The maximum Gasteiger partial charge on any atom is 0.260 e. The fourth-order valence-electron chi connectivity index (χ4n) is 3.49. The number of benzene rings is 2. The van der Waals surface area contributed by atoms with E-state index in [2.05, 4.69) is 10.5 Å². The molecule has 1 heterocycles. The quantitative estimate of drug-likeness (QED) is 0.399. The molecule has 0 atom stereocenters. The van der Waals surface area contributed by atoms with Crippen molar-refractivity contribution in [3.05, 3.63) is 81.9 Å². The molecule has 0 saturated heterocycles. The summed E-state index contributed by atoms with van der Waals surface area (Å²) in [5.41, 5.74) is 5.96. The van der Waals surface area contributed by atoms with Crippen LogP contribution in [0, 0.1) is 26.6 Å². The number of aromatic nitrogens is 1. The maximum absolute atomic E-state index is 14.2. The highest BCUT2D eigenvalue weighted by molar-refractivity contribution is 7.92. The molecule has 0 fully saturated rings. The molecule has 0 bridgehead atoms. The molecule has 10 heteroatoms. The lowest BCUT2D eigenvalue weighted by molar-refractivity contribution is -0.119. The average molecular weight is 491 g/mol. The lowest BCUT2D eigenvalue weighted by Crippen LogP contribution is -2.39. The smallest absolute Gasteiger partial charge is 0.260 e. The fourth-order valence-corrected chi connectivity index (χ4v) is 4.57. The van der Waals surface area contributed by atoms with E-state index in [1.54, 1.807) is 41.8 Å². The molecule has 0 aliphatic rings. The van der Waals surface area contributed by atoms with Gasteiger partial charge in [0.15, 0.2) is 0 Å². The van der Waals surface area contributed by atoms with Gasteiger partial charge in [-0.2, -0.15) is 5.10 Å². The molecule has 0 unspecified atom stereocenters. The highest BCUT2D eigenvalue weighted by atomic mass is 35.5. The molecule has 1 amide bonds. The number of hydrazone groups is 1. The summed E-state index contributed by atoms with van der Waals surface area (Å²) >= 11 is 6.01. The van der Waals surface area contributed by atoms with E-state index in [4.69, 9.17) is 11.6 Å². The summed E-state index contributed by atoms with van der Waals surface area (Å²) in [5.74, 6) is -0.979. The van der Waals surface area contributed by atoms with Crippen molar-refractivity contribution in [1.29, 1.82) is 0 Å².